The highest BCUT2D eigenvalue weighted by atomic mass is 16.2. The normalized spacial score (nSPS) is 10.8. The summed E-state index contributed by atoms with van der Waals surface area (Å²) in [6, 6.07) is 7.41. The van der Waals surface area contributed by atoms with Crippen molar-refractivity contribution in [3.8, 4) is 0 Å². The molecular weight excluding hydrogens is 264 g/mol. The Kier molecular flexibility index (Phi) is 5.14. The molecule has 1 N–H and O–H groups in total. The van der Waals surface area contributed by atoms with E-state index in [1.165, 1.54) is 0 Å². The minimum absolute atomic E-state index is 0.191. The standard InChI is InChI=1S/C17H22N2O2/c1-3-5-8-11-18-17(21)14-12-19(4-2)15-10-7-6-9-13(15)16(14)20/h6-7,9-10,12H,3-5,8,11H2,1-2H3,(H,18,21). The van der Waals surface area contributed by atoms with Crippen molar-refractivity contribution in [2.45, 2.75) is 39.7 Å². The summed E-state index contributed by atoms with van der Waals surface area (Å²) in [6.45, 7) is 5.45. The minimum atomic E-state index is -0.274. The van der Waals surface area contributed by atoms with E-state index in [0.29, 0.717) is 11.9 Å². The quantitative estimate of drug-likeness (QED) is 0.830. The summed E-state index contributed by atoms with van der Waals surface area (Å²) in [5, 5.41) is 3.44. The summed E-state index contributed by atoms with van der Waals surface area (Å²) >= 11 is 0. The molecular formula is C17H22N2O2. The van der Waals surface area contributed by atoms with Gasteiger partial charge in [0.25, 0.3) is 5.91 Å². The molecule has 0 aliphatic carbocycles. The monoisotopic (exact) mass is 286 g/mol. The third-order valence-corrected chi connectivity index (χ3v) is 3.64. The largest absolute Gasteiger partial charge is 0.352 e. The van der Waals surface area contributed by atoms with E-state index in [4.69, 9.17) is 0 Å². The first-order valence-electron chi connectivity index (χ1n) is 7.59. The summed E-state index contributed by atoms with van der Waals surface area (Å²) in [7, 11) is 0. The number of nitrogens with one attached hydrogen (secondary N) is 1. The van der Waals surface area contributed by atoms with Gasteiger partial charge in [-0.15, -0.1) is 0 Å². The lowest BCUT2D eigenvalue weighted by molar-refractivity contribution is 0.0951. The maximum Gasteiger partial charge on any atom is 0.256 e. The van der Waals surface area contributed by atoms with Crippen LogP contribution in [0.4, 0.5) is 0 Å². The lowest BCUT2D eigenvalue weighted by Gasteiger charge is -2.11. The third kappa shape index (κ3) is 3.32. The van der Waals surface area contributed by atoms with Gasteiger partial charge in [-0.05, 0) is 25.5 Å². The predicted molar refractivity (Wildman–Crippen MR) is 85.7 cm³/mol. The number of hydrogen-bond acceptors (Lipinski definition) is 2. The summed E-state index contributed by atoms with van der Waals surface area (Å²) in [5.41, 5.74) is 0.905. The van der Waals surface area contributed by atoms with E-state index in [1.54, 1.807) is 12.3 Å². The molecule has 0 aliphatic heterocycles. The summed E-state index contributed by atoms with van der Waals surface area (Å²) < 4.78 is 1.94. The number of nitrogens with zero attached hydrogens (tertiary/aromatic N) is 1. The number of hydrogen-bond donors (Lipinski definition) is 1. The number of aromatic nitrogens is 1. The van der Waals surface area contributed by atoms with Crippen molar-refractivity contribution < 1.29 is 4.79 Å². The molecule has 0 atom stereocenters. The average Bonchev–Trinajstić information content (AvgIpc) is 2.52. The van der Waals surface area contributed by atoms with Gasteiger partial charge in [0.15, 0.2) is 0 Å². The molecule has 0 spiro atoms. The van der Waals surface area contributed by atoms with E-state index in [2.05, 4.69) is 12.2 Å². The van der Waals surface area contributed by atoms with E-state index >= 15 is 0 Å². The lowest BCUT2D eigenvalue weighted by atomic mass is 10.1. The SMILES string of the molecule is CCCCCNC(=O)c1cn(CC)c2ccccc2c1=O. The Labute approximate surface area is 124 Å². The van der Waals surface area contributed by atoms with Crippen LogP contribution >= 0.6 is 0 Å². The van der Waals surface area contributed by atoms with Crippen LogP contribution in [0, 0.1) is 0 Å². The highest BCUT2D eigenvalue weighted by molar-refractivity contribution is 5.97. The van der Waals surface area contributed by atoms with Crippen LogP contribution in [0.5, 0.6) is 0 Å². The fourth-order valence-electron chi connectivity index (χ4n) is 2.44. The van der Waals surface area contributed by atoms with Crippen molar-refractivity contribution in [3.05, 3.63) is 46.2 Å². The van der Waals surface area contributed by atoms with E-state index in [9.17, 15) is 9.59 Å². The molecule has 1 aromatic carbocycles. The van der Waals surface area contributed by atoms with Gasteiger partial charge in [0.05, 0.1) is 5.52 Å². The molecule has 1 heterocycles. The van der Waals surface area contributed by atoms with Gasteiger partial charge in [-0.1, -0.05) is 31.9 Å². The molecule has 0 saturated carbocycles. The molecule has 1 aromatic heterocycles. The van der Waals surface area contributed by atoms with Gasteiger partial charge in [0, 0.05) is 24.7 Å². The van der Waals surface area contributed by atoms with Crippen LogP contribution in [0.1, 0.15) is 43.5 Å². The predicted octanol–water partition coefficient (Wildman–Crippen LogP) is 2.94. The molecule has 0 saturated heterocycles. The maximum atomic E-state index is 12.5. The van der Waals surface area contributed by atoms with Crippen LogP contribution in [0.3, 0.4) is 0 Å². The second kappa shape index (κ2) is 7.07. The van der Waals surface area contributed by atoms with Gasteiger partial charge < -0.3 is 9.88 Å². The van der Waals surface area contributed by atoms with Crippen LogP contribution in [0.15, 0.2) is 35.3 Å². The van der Waals surface area contributed by atoms with Crippen molar-refractivity contribution >= 4 is 16.8 Å². The summed E-state index contributed by atoms with van der Waals surface area (Å²) in [6.07, 6.45) is 4.79. The van der Waals surface area contributed by atoms with Crippen molar-refractivity contribution in [1.82, 2.24) is 9.88 Å². The number of pyridine rings is 1. The van der Waals surface area contributed by atoms with Gasteiger partial charge in [0.2, 0.25) is 5.43 Å². The Morgan fingerprint density at radius 3 is 2.67 bits per heavy atom. The Morgan fingerprint density at radius 2 is 1.95 bits per heavy atom. The Morgan fingerprint density at radius 1 is 1.19 bits per heavy atom. The highest BCUT2D eigenvalue weighted by Crippen LogP contribution is 2.11. The van der Waals surface area contributed by atoms with Gasteiger partial charge >= 0.3 is 0 Å². The second-order valence-electron chi connectivity index (χ2n) is 5.14. The van der Waals surface area contributed by atoms with Crippen LogP contribution in [0.25, 0.3) is 10.9 Å². The zero-order valence-electron chi connectivity index (χ0n) is 12.7. The zero-order valence-corrected chi connectivity index (χ0v) is 12.7. The van der Waals surface area contributed by atoms with Gasteiger partial charge in [-0.25, -0.2) is 0 Å². The van der Waals surface area contributed by atoms with Crippen LogP contribution in [-0.4, -0.2) is 17.0 Å². The van der Waals surface area contributed by atoms with Crippen LogP contribution in [0.2, 0.25) is 0 Å². The topological polar surface area (TPSA) is 51.1 Å². The number of carbonyl (C=O) groups excluding carboxylic acids is 1. The Bertz CT molecular complexity index is 689. The zero-order chi connectivity index (χ0) is 15.2. The fraction of sp³-hybridized carbons (Fsp3) is 0.412. The number of carbonyl (C=O) groups is 1. The van der Waals surface area contributed by atoms with E-state index in [1.807, 2.05) is 29.7 Å². The molecule has 1 amide bonds. The Balaban J connectivity index is 2.33. The first kappa shape index (κ1) is 15.3. The maximum absolute atomic E-state index is 12.5. The third-order valence-electron chi connectivity index (χ3n) is 3.64. The number of para-hydroxylation sites is 1. The average molecular weight is 286 g/mol. The highest BCUT2D eigenvalue weighted by Gasteiger charge is 2.14. The lowest BCUT2D eigenvalue weighted by Crippen LogP contribution is -2.30. The van der Waals surface area contributed by atoms with Crippen molar-refractivity contribution in [1.29, 1.82) is 0 Å². The van der Waals surface area contributed by atoms with Gasteiger partial charge in [-0.3, -0.25) is 9.59 Å². The van der Waals surface area contributed by atoms with Gasteiger partial charge in [-0.2, -0.15) is 0 Å². The Hall–Kier alpha value is -2.10. The number of rotatable bonds is 6. The van der Waals surface area contributed by atoms with E-state index < -0.39 is 0 Å². The number of benzene rings is 1. The molecule has 0 bridgehead atoms. The molecule has 2 rings (SSSR count). The fourth-order valence-corrected chi connectivity index (χ4v) is 2.44. The molecule has 0 aliphatic rings. The summed E-state index contributed by atoms with van der Waals surface area (Å²) in [5.74, 6) is -0.274. The molecule has 4 heteroatoms. The van der Waals surface area contributed by atoms with E-state index in [0.717, 1.165) is 31.3 Å². The summed E-state index contributed by atoms with van der Waals surface area (Å²) in [4.78, 5) is 24.7. The molecule has 112 valence electrons. The number of fused-ring (bicyclic) bond motifs is 1. The second-order valence-corrected chi connectivity index (χ2v) is 5.14. The minimum Gasteiger partial charge on any atom is -0.352 e. The van der Waals surface area contributed by atoms with Crippen LogP contribution in [-0.2, 0) is 6.54 Å². The smallest absolute Gasteiger partial charge is 0.256 e. The molecule has 0 unspecified atom stereocenters. The van der Waals surface area contributed by atoms with Crippen molar-refractivity contribution in [2.24, 2.45) is 0 Å². The first-order chi connectivity index (χ1) is 10.2. The first-order valence-corrected chi connectivity index (χ1v) is 7.59. The van der Waals surface area contributed by atoms with E-state index in [-0.39, 0.29) is 16.9 Å². The number of aryl methyl sites for hydroxylation is 1. The van der Waals surface area contributed by atoms with Crippen LogP contribution < -0.4 is 10.7 Å². The molecule has 4 nitrogen and oxygen atoms in total. The van der Waals surface area contributed by atoms with Gasteiger partial charge in [0.1, 0.15) is 5.56 Å². The van der Waals surface area contributed by atoms with Crippen molar-refractivity contribution in [3.63, 3.8) is 0 Å². The van der Waals surface area contributed by atoms with Crippen molar-refractivity contribution in [2.75, 3.05) is 6.54 Å². The molecule has 0 fully saturated rings. The molecule has 2 aromatic rings. The number of amides is 1. The molecule has 21 heavy (non-hydrogen) atoms. The number of unbranched alkanes of at least 4 members (excludes halogenated alkanes) is 2. The molecule has 0 radical (unpaired) electrons.